The molecule has 1 atom stereocenters. The molecule has 1 aliphatic heterocycles. The maximum absolute atomic E-state index is 13.7. The van der Waals surface area contributed by atoms with Gasteiger partial charge in [0.15, 0.2) is 16.9 Å². The van der Waals surface area contributed by atoms with Crippen molar-refractivity contribution < 1.29 is 19.1 Å². The standard InChI is InChI=1S/C27H22ClNO5/c1-14-4-6-16(7-5-14)13-29-24(17-8-9-20(30)22(11-17)33-3)23-25(31)18-12-19(28)15(2)10-21(18)34-26(23)27(29)32/h4-12,24,30H,13H2,1-3H3/t24-/m1/s1. The number of phenols is 1. The van der Waals surface area contributed by atoms with Gasteiger partial charge in [0.1, 0.15) is 5.58 Å². The number of hydrogen-bond acceptors (Lipinski definition) is 5. The van der Waals surface area contributed by atoms with Gasteiger partial charge in [-0.05, 0) is 54.8 Å². The van der Waals surface area contributed by atoms with Crippen molar-refractivity contribution >= 4 is 28.5 Å². The number of methoxy groups -OCH3 is 1. The first-order chi connectivity index (χ1) is 16.3. The molecule has 0 aliphatic carbocycles. The van der Waals surface area contributed by atoms with Crippen LogP contribution in [0.4, 0.5) is 0 Å². The molecule has 5 rings (SSSR count). The molecule has 4 aromatic rings. The number of aromatic hydroxyl groups is 1. The average Bonchev–Trinajstić information content (AvgIpc) is 3.09. The molecule has 0 saturated heterocycles. The Morgan fingerprint density at radius 3 is 2.50 bits per heavy atom. The molecule has 1 N–H and O–H groups in total. The number of fused-ring (bicyclic) bond motifs is 2. The fraction of sp³-hybridized carbons (Fsp3) is 0.185. The van der Waals surface area contributed by atoms with E-state index in [1.807, 2.05) is 38.1 Å². The number of hydrogen-bond donors (Lipinski definition) is 1. The monoisotopic (exact) mass is 475 g/mol. The van der Waals surface area contributed by atoms with Crippen molar-refractivity contribution in [1.82, 2.24) is 4.90 Å². The Bertz CT molecular complexity index is 1510. The molecule has 7 heteroatoms. The van der Waals surface area contributed by atoms with E-state index in [1.54, 1.807) is 29.2 Å². The summed E-state index contributed by atoms with van der Waals surface area (Å²) in [4.78, 5) is 28.9. The van der Waals surface area contributed by atoms with Crippen LogP contribution in [0.25, 0.3) is 11.0 Å². The summed E-state index contributed by atoms with van der Waals surface area (Å²) in [5.74, 6) is -0.145. The minimum Gasteiger partial charge on any atom is -0.504 e. The highest BCUT2D eigenvalue weighted by Gasteiger charge is 2.43. The largest absolute Gasteiger partial charge is 0.504 e. The van der Waals surface area contributed by atoms with Crippen molar-refractivity contribution in [1.29, 1.82) is 0 Å². The first-order valence-corrected chi connectivity index (χ1v) is 11.2. The van der Waals surface area contributed by atoms with Gasteiger partial charge in [0.25, 0.3) is 5.91 Å². The highest BCUT2D eigenvalue weighted by atomic mass is 35.5. The van der Waals surface area contributed by atoms with Crippen LogP contribution in [0.15, 0.2) is 63.8 Å². The normalized spacial score (nSPS) is 15.1. The van der Waals surface area contributed by atoms with Crippen LogP contribution < -0.4 is 10.2 Å². The second kappa shape index (κ2) is 8.22. The van der Waals surface area contributed by atoms with Crippen LogP contribution >= 0.6 is 11.6 Å². The molecular formula is C27H22ClNO5. The number of ether oxygens (including phenoxy) is 1. The van der Waals surface area contributed by atoms with Crippen LogP contribution in [0, 0.1) is 13.8 Å². The van der Waals surface area contributed by atoms with Gasteiger partial charge in [-0.1, -0.05) is 47.5 Å². The molecule has 0 bridgehead atoms. The minimum atomic E-state index is -0.723. The van der Waals surface area contributed by atoms with Crippen LogP contribution in [-0.4, -0.2) is 23.0 Å². The van der Waals surface area contributed by atoms with Gasteiger partial charge in [-0.2, -0.15) is 0 Å². The number of benzene rings is 3. The zero-order valence-electron chi connectivity index (χ0n) is 18.9. The summed E-state index contributed by atoms with van der Waals surface area (Å²) >= 11 is 6.30. The first-order valence-electron chi connectivity index (χ1n) is 10.8. The topological polar surface area (TPSA) is 80.0 Å². The van der Waals surface area contributed by atoms with E-state index in [9.17, 15) is 14.7 Å². The molecule has 1 aromatic heterocycles. The van der Waals surface area contributed by atoms with Crippen LogP contribution in [0.5, 0.6) is 11.5 Å². The molecule has 34 heavy (non-hydrogen) atoms. The number of aryl methyl sites for hydroxylation is 2. The molecule has 0 unspecified atom stereocenters. The van der Waals surface area contributed by atoms with Gasteiger partial charge in [-0.15, -0.1) is 0 Å². The Kier molecular flexibility index (Phi) is 5.33. The molecule has 0 radical (unpaired) electrons. The number of rotatable bonds is 4. The van der Waals surface area contributed by atoms with Crippen LogP contribution in [0.3, 0.4) is 0 Å². The maximum Gasteiger partial charge on any atom is 0.291 e. The molecule has 2 heterocycles. The number of halogens is 1. The summed E-state index contributed by atoms with van der Waals surface area (Å²) in [6.07, 6.45) is 0. The predicted molar refractivity (Wildman–Crippen MR) is 130 cm³/mol. The summed E-state index contributed by atoms with van der Waals surface area (Å²) in [6.45, 7) is 4.08. The Morgan fingerprint density at radius 1 is 1.06 bits per heavy atom. The zero-order valence-corrected chi connectivity index (χ0v) is 19.6. The SMILES string of the molecule is COc1cc([C@@H]2c3c(oc4cc(C)c(Cl)cc4c3=O)C(=O)N2Cc2ccc(C)cc2)ccc1O. The molecule has 0 spiro atoms. The smallest absolute Gasteiger partial charge is 0.291 e. The number of carbonyl (C=O) groups is 1. The van der Waals surface area contributed by atoms with Crippen molar-refractivity contribution in [2.75, 3.05) is 7.11 Å². The van der Waals surface area contributed by atoms with E-state index in [4.69, 9.17) is 20.8 Å². The summed E-state index contributed by atoms with van der Waals surface area (Å²) in [7, 11) is 1.45. The Hall–Kier alpha value is -3.77. The van der Waals surface area contributed by atoms with Gasteiger partial charge in [0, 0.05) is 11.6 Å². The summed E-state index contributed by atoms with van der Waals surface area (Å²) in [5, 5.41) is 10.9. The third-order valence-electron chi connectivity index (χ3n) is 6.24. The molecule has 172 valence electrons. The Labute approximate surface area is 201 Å². The minimum absolute atomic E-state index is 0.0170. The lowest BCUT2D eigenvalue weighted by Crippen LogP contribution is -2.29. The number of amides is 1. The van der Waals surface area contributed by atoms with Gasteiger partial charge in [-0.3, -0.25) is 9.59 Å². The van der Waals surface area contributed by atoms with Crippen molar-refractivity contribution in [3.8, 4) is 11.5 Å². The lowest BCUT2D eigenvalue weighted by molar-refractivity contribution is 0.0714. The van der Waals surface area contributed by atoms with E-state index in [-0.39, 0.29) is 40.7 Å². The summed E-state index contributed by atoms with van der Waals surface area (Å²) in [6, 6.07) is 15.2. The Morgan fingerprint density at radius 2 is 1.79 bits per heavy atom. The molecular weight excluding hydrogens is 454 g/mol. The zero-order chi connectivity index (χ0) is 24.1. The third kappa shape index (κ3) is 3.51. The second-order valence-corrected chi connectivity index (χ2v) is 8.93. The van der Waals surface area contributed by atoms with Crippen LogP contribution in [0.2, 0.25) is 5.02 Å². The molecule has 6 nitrogen and oxygen atoms in total. The highest BCUT2D eigenvalue weighted by molar-refractivity contribution is 6.32. The van der Waals surface area contributed by atoms with Gasteiger partial charge in [0.2, 0.25) is 5.76 Å². The van der Waals surface area contributed by atoms with E-state index in [2.05, 4.69) is 0 Å². The Balaban J connectivity index is 1.74. The fourth-order valence-electron chi connectivity index (χ4n) is 4.40. The molecule has 0 fully saturated rings. The molecule has 3 aromatic carbocycles. The lowest BCUT2D eigenvalue weighted by Gasteiger charge is -2.25. The van der Waals surface area contributed by atoms with E-state index in [1.165, 1.54) is 13.2 Å². The quantitative estimate of drug-likeness (QED) is 0.420. The summed E-state index contributed by atoms with van der Waals surface area (Å²) in [5.41, 5.74) is 3.65. The lowest BCUT2D eigenvalue weighted by atomic mass is 9.97. The van der Waals surface area contributed by atoms with Crippen LogP contribution in [-0.2, 0) is 6.54 Å². The predicted octanol–water partition coefficient (Wildman–Crippen LogP) is 5.52. The van der Waals surface area contributed by atoms with E-state index < -0.39 is 6.04 Å². The van der Waals surface area contributed by atoms with Crippen molar-refractivity contribution in [3.63, 3.8) is 0 Å². The van der Waals surface area contributed by atoms with Crippen LogP contribution in [0.1, 0.15) is 44.4 Å². The molecule has 1 aliphatic rings. The average molecular weight is 476 g/mol. The third-order valence-corrected chi connectivity index (χ3v) is 6.65. The maximum atomic E-state index is 13.7. The fourth-order valence-corrected chi connectivity index (χ4v) is 4.57. The van der Waals surface area contributed by atoms with Crippen molar-refractivity contribution in [3.05, 3.63) is 103 Å². The number of phenolic OH excluding ortho intramolecular Hbond substituents is 1. The number of carbonyl (C=O) groups excluding carboxylic acids is 1. The van der Waals surface area contributed by atoms with Gasteiger partial charge < -0.3 is 19.2 Å². The first kappa shape index (κ1) is 22.0. The second-order valence-electron chi connectivity index (χ2n) is 8.52. The van der Waals surface area contributed by atoms with E-state index in [0.29, 0.717) is 21.6 Å². The van der Waals surface area contributed by atoms with Crippen molar-refractivity contribution in [2.45, 2.75) is 26.4 Å². The number of nitrogens with zero attached hydrogens (tertiary/aromatic N) is 1. The summed E-state index contributed by atoms with van der Waals surface area (Å²) < 4.78 is 11.3. The molecule has 1 amide bonds. The van der Waals surface area contributed by atoms with E-state index in [0.717, 1.165) is 16.7 Å². The van der Waals surface area contributed by atoms with E-state index >= 15 is 0 Å². The highest BCUT2D eigenvalue weighted by Crippen LogP contribution is 2.41. The van der Waals surface area contributed by atoms with Crippen molar-refractivity contribution in [2.24, 2.45) is 0 Å². The molecule has 0 saturated carbocycles. The van der Waals surface area contributed by atoms with Gasteiger partial charge >= 0.3 is 0 Å². The van der Waals surface area contributed by atoms with Gasteiger partial charge in [0.05, 0.1) is 24.1 Å². The van der Waals surface area contributed by atoms with Gasteiger partial charge in [-0.25, -0.2) is 0 Å².